The monoisotopic (exact) mass is 348 g/mol. The van der Waals surface area contributed by atoms with Gasteiger partial charge in [-0.15, -0.1) is 0 Å². The molecule has 0 aliphatic heterocycles. The number of nitro groups is 1. The van der Waals surface area contributed by atoms with Gasteiger partial charge in [0.15, 0.2) is 0 Å². The van der Waals surface area contributed by atoms with E-state index < -0.39 is 4.92 Å². The standard InChI is InChI=1S/C12H14BrClN2O3/c1-2-15(5-3-4-13)12(17)9-6-10(14)8-11(7-9)16(18)19/h6-8H,2-5H2,1H3. The van der Waals surface area contributed by atoms with Crippen molar-refractivity contribution in [2.45, 2.75) is 13.3 Å². The second-order valence-corrected chi connectivity index (χ2v) is 5.11. The zero-order chi connectivity index (χ0) is 14.4. The van der Waals surface area contributed by atoms with E-state index in [9.17, 15) is 14.9 Å². The van der Waals surface area contributed by atoms with Gasteiger partial charge in [-0.25, -0.2) is 0 Å². The minimum absolute atomic E-state index is 0.174. The molecule has 0 radical (unpaired) electrons. The van der Waals surface area contributed by atoms with Crippen LogP contribution in [0.2, 0.25) is 5.02 Å². The summed E-state index contributed by atoms with van der Waals surface area (Å²) in [6.45, 7) is 3.01. The lowest BCUT2D eigenvalue weighted by atomic mass is 10.1. The van der Waals surface area contributed by atoms with Crippen LogP contribution in [0, 0.1) is 10.1 Å². The van der Waals surface area contributed by atoms with Gasteiger partial charge in [0, 0.05) is 41.1 Å². The van der Waals surface area contributed by atoms with Crippen LogP contribution < -0.4 is 0 Å². The summed E-state index contributed by atoms with van der Waals surface area (Å²) in [4.78, 5) is 24.1. The first kappa shape index (κ1) is 15.9. The van der Waals surface area contributed by atoms with Gasteiger partial charge in [0.25, 0.3) is 11.6 Å². The van der Waals surface area contributed by atoms with Crippen molar-refractivity contribution in [2.75, 3.05) is 18.4 Å². The van der Waals surface area contributed by atoms with Gasteiger partial charge in [0.05, 0.1) is 4.92 Å². The van der Waals surface area contributed by atoms with Gasteiger partial charge in [0.1, 0.15) is 0 Å². The van der Waals surface area contributed by atoms with Crippen LogP contribution in [0.15, 0.2) is 18.2 Å². The molecule has 1 rings (SSSR count). The third-order valence-electron chi connectivity index (χ3n) is 2.57. The molecule has 19 heavy (non-hydrogen) atoms. The SMILES string of the molecule is CCN(CCCBr)C(=O)c1cc(Cl)cc([N+](=O)[O-])c1. The lowest BCUT2D eigenvalue weighted by Crippen LogP contribution is -2.32. The Labute approximate surface area is 124 Å². The summed E-state index contributed by atoms with van der Waals surface area (Å²) in [6.07, 6.45) is 0.822. The second-order valence-electron chi connectivity index (χ2n) is 3.88. The first-order valence-electron chi connectivity index (χ1n) is 5.79. The molecule has 0 atom stereocenters. The van der Waals surface area contributed by atoms with Crippen molar-refractivity contribution < 1.29 is 9.72 Å². The number of hydrogen-bond acceptors (Lipinski definition) is 3. The fraction of sp³-hybridized carbons (Fsp3) is 0.417. The predicted octanol–water partition coefficient (Wildman–Crippen LogP) is 3.50. The van der Waals surface area contributed by atoms with Gasteiger partial charge >= 0.3 is 0 Å². The van der Waals surface area contributed by atoms with Crippen LogP contribution in [0.1, 0.15) is 23.7 Å². The maximum Gasteiger partial charge on any atom is 0.271 e. The molecule has 7 heteroatoms. The molecule has 0 aromatic heterocycles. The number of nitrogens with zero attached hydrogens (tertiary/aromatic N) is 2. The molecule has 104 valence electrons. The zero-order valence-corrected chi connectivity index (χ0v) is 12.8. The van der Waals surface area contributed by atoms with E-state index in [1.807, 2.05) is 6.92 Å². The van der Waals surface area contributed by atoms with Crippen molar-refractivity contribution in [3.8, 4) is 0 Å². The average Bonchev–Trinajstić information content (AvgIpc) is 2.38. The van der Waals surface area contributed by atoms with Crippen LogP contribution in [0.5, 0.6) is 0 Å². The lowest BCUT2D eigenvalue weighted by Gasteiger charge is -2.20. The Bertz CT molecular complexity index is 482. The van der Waals surface area contributed by atoms with Crippen molar-refractivity contribution >= 4 is 39.1 Å². The summed E-state index contributed by atoms with van der Waals surface area (Å²) in [7, 11) is 0. The molecule has 0 fully saturated rings. The highest BCUT2D eigenvalue weighted by atomic mass is 79.9. The Morgan fingerprint density at radius 3 is 2.68 bits per heavy atom. The van der Waals surface area contributed by atoms with Gasteiger partial charge in [-0.1, -0.05) is 27.5 Å². The predicted molar refractivity (Wildman–Crippen MR) is 78.1 cm³/mol. The number of nitro benzene ring substituents is 1. The summed E-state index contributed by atoms with van der Waals surface area (Å²) in [6, 6.07) is 3.94. The summed E-state index contributed by atoms with van der Waals surface area (Å²) < 4.78 is 0. The summed E-state index contributed by atoms with van der Waals surface area (Å²) in [5, 5.41) is 11.7. The van der Waals surface area contributed by atoms with E-state index in [1.54, 1.807) is 4.90 Å². The number of amides is 1. The van der Waals surface area contributed by atoms with E-state index in [0.717, 1.165) is 11.8 Å². The minimum Gasteiger partial charge on any atom is -0.339 e. The minimum atomic E-state index is -0.558. The van der Waals surface area contributed by atoms with Gasteiger partial charge in [-0.05, 0) is 19.4 Å². The molecule has 5 nitrogen and oxygen atoms in total. The fourth-order valence-corrected chi connectivity index (χ4v) is 2.12. The molecule has 0 spiro atoms. The Morgan fingerprint density at radius 1 is 1.47 bits per heavy atom. The van der Waals surface area contributed by atoms with Crippen molar-refractivity contribution in [1.29, 1.82) is 0 Å². The summed E-state index contributed by atoms with van der Waals surface area (Å²) in [5.74, 6) is -0.242. The van der Waals surface area contributed by atoms with E-state index >= 15 is 0 Å². The topological polar surface area (TPSA) is 63.5 Å². The van der Waals surface area contributed by atoms with Crippen LogP contribution in [-0.2, 0) is 0 Å². The van der Waals surface area contributed by atoms with E-state index in [2.05, 4.69) is 15.9 Å². The van der Waals surface area contributed by atoms with Crippen molar-refractivity contribution in [3.63, 3.8) is 0 Å². The summed E-state index contributed by atoms with van der Waals surface area (Å²) in [5.41, 5.74) is 0.0722. The number of alkyl halides is 1. The molecule has 0 saturated heterocycles. The molecular weight excluding hydrogens is 336 g/mol. The van der Waals surface area contributed by atoms with Crippen LogP contribution in [0.25, 0.3) is 0 Å². The Balaban J connectivity index is 3.00. The number of carbonyl (C=O) groups excluding carboxylic acids is 1. The normalized spacial score (nSPS) is 10.3. The highest BCUT2D eigenvalue weighted by Crippen LogP contribution is 2.22. The van der Waals surface area contributed by atoms with E-state index in [1.165, 1.54) is 18.2 Å². The van der Waals surface area contributed by atoms with Gasteiger partial charge in [0.2, 0.25) is 0 Å². The lowest BCUT2D eigenvalue weighted by molar-refractivity contribution is -0.384. The first-order valence-corrected chi connectivity index (χ1v) is 7.29. The Hall–Kier alpha value is -1.14. The molecule has 1 amide bonds. The van der Waals surface area contributed by atoms with Gasteiger partial charge in [-0.2, -0.15) is 0 Å². The molecule has 0 saturated carbocycles. The second kappa shape index (κ2) is 7.45. The van der Waals surface area contributed by atoms with Crippen LogP contribution >= 0.6 is 27.5 Å². The van der Waals surface area contributed by atoms with Crippen LogP contribution in [-0.4, -0.2) is 34.2 Å². The molecule has 1 aromatic carbocycles. The molecular formula is C12H14BrClN2O3. The smallest absolute Gasteiger partial charge is 0.271 e. The molecule has 0 aliphatic rings. The van der Waals surface area contributed by atoms with Gasteiger partial charge < -0.3 is 4.90 Å². The third kappa shape index (κ3) is 4.47. The fourth-order valence-electron chi connectivity index (χ4n) is 1.64. The van der Waals surface area contributed by atoms with Gasteiger partial charge in [-0.3, -0.25) is 14.9 Å². The molecule has 0 heterocycles. The van der Waals surface area contributed by atoms with Crippen molar-refractivity contribution in [1.82, 2.24) is 4.90 Å². The quantitative estimate of drug-likeness (QED) is 0.448. The highest BCUT2D eigenvalue weighted by Gasteiger charge is 2.18. The average molecular weight is 350 g/mol. The molecule has 0 aliphatic carbocycles. The number of carbonyl (C=O) groups is 1. The Kier molecular flexibility index (Phi) is 6.24. The Morgan fingerprint density at radius 2 is 2.16 bits per heavy atom. The largest absolute Gasteiger partial charge is 0.339 e. The number of rotatable bonds is 6. The van der Waals surface area contributed by atoms with Crippen LogP contribution in [0.3, 0.4) is 0 Å². The molecule has 0 N–H and O–H groups in total. The molecule has 0 unspecified atom stereocenters. The molecule has 1 aromatic rings. The van der Waals surface area contributed by atoms with E-state index in [-0.39, 0.29) is 22.2 Å². The van der Waals surface area contributed by atoms with E-state index in [4.69, 9.17) is 11.6 Å². The maximum absolute atomic E-state index is 12.2. The highest BCUT2D eigenvalue weighted by molar-refractivity contribution is 9.09. The van der Waals surface area contributed by atoms with Crippen LogP contribution in [0.4, 0.5) is 5.69 Å². The maximum atomic E-state index is 12.2. The number of hydrogen-bond donors (Lipinski definition) is 0. The number of non-ortho nitro benzene ring substituents is 1. The third-order valence-corrected chi connectivity index (χ3v) is 3.35. The molecule has 0 bridgehead atoms. The zero-order valence-electron chi connectivity index (χ0n) is 10.4. The number of benzene rings is 1. The first-order chi connectivity index (χ1) is 8.99. The summed E-state index contributed by atoms with van der Waals surface area (Å²) >= 11 is 9.11. The van der Waals surface area contributed by atoms with Crippen molar-refractivity contribution in [3.05, 3.63) is 38.9 Å². The number of halogens is 2. The van der Waals surface area contributed by atoms with Crippen molar-refractivity contribution in [2.24, 2.45) is 0 Å². The van der Waals surface area contributed by atoms with E-state index in [0.29, 0.717) is 13.1 Å².